The molecule has 2 heterocycles. The lowest BCUT2D eigenvalue weighted by molar-refractivity contribution is 1.61. The Hall–Kier alpha value is -5.03. The minimum Gasteiger partial charge on any atom is -0.0619 e. The van der Waals surface area contributed by atoms with Crippen molar-refractivity contribution in [3.63, 3.8) is 0 Å². The molecule has 0 N–H and O–H groups in total. The molecule has 8 aromatic carbocycles. The van der Waals surface area contributed by atoms with E-state index in [4.69, 9.17) is 0 Å². The van der Waals surface area contributed by atoms with E-state index in [2.05, 4.69) is 172 Å². The van der Waals surface area contributed by atoms with E-state index in [1.54, 1.807) is 20.7 Å². The van der Waals surface area contributed by atoms with E-state index in [9.17, 15) is 0 Å². The molecule has 228 valence electrons. The monoisotopic (exact) mass is 644 g/mol. The summed E-state index contributed by atoms with van der Waals surface area (Å²) in [6, 6.07) is 55.7. The van der Waals surface area contributed by atoms with Gasteiger partial charge in [-0.25, -0.2) is 0 Å². The van der Waals surface area contributed by atoms with Gasteiger partial charge >= 0.3 is 0 Å². The maximum atomic E-state index is 2.63. The van der Waals surface area contributed by atoms with Crippen molar-refractivity contribution < 1.29 is 0 Å². The standard InChI is InChI=1S/C46H36Si2/c1-47(2)41-15-9-14-39-45-38-23-21-36(34-19-17-30-11-6-8-13-32(30)25-34)27-43(38)48(3,4)44(45)28-40(46(39)41)37-22-20-35(26-42(37)47)33-18-16-29-10-5-7-12-31(29)24-33/h5-28H,1-4H3. The molecule has 0 spiro atoms. The van der Waals surface area contributed by atoms with Crippen LogP contribution in [0.3, 0.4) is 0 Å². The summed E-state index contributed by atoms with van der Waals surface area (Å²) in [7, 11) is -4.00. The summed E-state index contributed by atoms with van der Waals surface area (Å²) in [5.41, 5.74) is 11.1. The predicted octanol–water partition coefficient (Wildman–Crippen LogP) is 10.1. The molecule has 0 bridgehead atoms. The van der Waals surface area contributed by atoms with Crippen LogP contribution in [-0.2, 0) is 0 Å². The number of hydrogen-bond donors (Lipinski definition) is 0. The van der Waals surface area contributed by atoms with Gasteiger partial charge in [0.25, 0.3) is 0 Å². The van der Waals surface area contributed by atoms with Crippen molar-refractivity contribution in [2.75, 3.05) is 0 Å². The summed E-state index contributed by atoms with van der Waals surface area (Å²) in [4.78, 5) is 0. The van der Waals surface area contributed by atoms with Gasteiger partial charge in [-0.1, -0.05) is 160 Å². The number of fused-ring (bicyclic) bond motifs is 8. The zero-order valence-corrected chi connectivity index (χ0v) is 29.9. The van der Waals surface area contributed by atoms with Crippen LogP contribution in [0.1, 0.15) is 0 Å². The van der Waals surface area contributed by atoms with Crippen LogP contribution in [0, 0.1) is 0 Å². The summed E-state index contributed by atoms with van der Waals surface area (Å²) >= 11 is 0. The highest BCUT2D eigenvalue weighted by molar-refractivity contribution is 7.05. The Kier molecular flexibility index (Phi) is 5.70. The van der Waals surface area contributed by atoms with Crippen molar-refractivity contribution in [3.05, 3.63) is 146 Å². The molecule has 2 aliphatic rings. The fourth-order valence-corrected chi connectivity index (χ4v) is 15.2. The van der Waals surface area contributed by atoms with Crippen molar-refractivity contribution in [3.8, 4) is 44.5 Å². The van der Waals surface area contributed by atoms with E-state index in [1.165, 1.54) is 76.8 Å². The smallest absolute Gasteiger partial charge is 0.0619 e. The van der Waals surface area contributed by atoms with E-state index in [0.29, 0.717) is 0 Å². The molecule has 0 saturated heterocycles. The zero-order valence-electron chi connectivity index (χ0n) is 27.9. The SMILES string of the molecule is C[Si]1(C)c2cc(-c3ccc4ccccc4c3)ccc2-c2c1cc1c3c(cccc23)[Si](C)(C)c2cc(-c3ccc4ccccc4c3)ccc2-1. The van der Waals surface area contributed by atoms with Gasteiger partial charge in [0.15, 0.2) is 0 Å². The van der Waals surface area contributed by atoms with Gasteiger partial charge in [0.05, 0.1) is 0 Å². The third-order valence-electron chi connectivity index (χ3n) is 11.6. The van der Waals surface area contributed by atoms with Gasteiger partial charge in [-0.2, -0.15) is 0 Å². The first-order valence-corrected chi connectivity index (χ1v) is 23.2. The summed E-state index contributed by atoms with van der Waals surface area (Å²) in [6.45, 7) is 10.2. The third kappa shape index (κ3) is 3.82. The second-order valence-corrected chi connectivity index (χ2v) is 23.6. The topological polar surface area (TPSA) is 0 Å². The highest BCUT2D eigenvalue weighted by Gasteiger charge is 2.42. The molecule has 0 amide bonds. The Bertz CT molecular complexity index is 2680. The van der Waals surface area contributed by atoms with Gasteiger partial charge in [0.1, 0.15) is 16.1 Å². The molecule has 0 saturated carbocycles. The van der Waals surface area contributed by atoms with Crippen molar-refractivity contribution in [2.45, 2.75) is 26.2 Å². The summed E-state index contributed by atoms with van der Waals surface area (Å²) in [5.74, 6) is 0. The summed E-state index contributed by atoms with van der Waals surface area (Å²) in [6.07, 6.45) is 0. The van der Waals surface area contributed by atoms with Crippen molar-refractivity contribution in [1.29, 1.82) is 0 Å². The Morgan fingerprint density at radius 3 is 1.46 bits per heavy atom. The summed E-state index contributed by atoms with van der Waals surface area (Å²) in [5, 5.41) is 14.4. The van der Waals surface area contributed by atoms with Crippen LogP contribution in [0.2, 0.25) is 26.2 Å². The van der Waals surface area contributed by atoms with E-state index in [1.807, 2.05) is 0 Å². The van der Waals surface area contributed by atoms with Crippen LogP contribution in [0.25, 0.3) is 76.8 Å². The molecule has 0 unspecified atom stereocenters. The Balaban J connectivity index is 1.16. The molecule has 8 aromatic rings. The highest BCUT2D eigenvalue weighted by Crippen LogP contribution is 2.42. The summed E-state index contributed by atoms with van der Waals surface area (Å²) < 4.78 is 0. The van der Waals surface area contributed by atoms with Crippen molar-refractivity contribution in [1.82, 2.24) is 0 Å². The Morgan fingerprint density at radius 2 is 0.833 bits per heavy atom. The first-order valence-electron chi connectivity index (χ1n) is 17.2. The molecule has 2 aliphatic heterocycles. The molecule has 0 atom stereocenters. The predicted molar refractivity (Wildman–Crippen MR) is 214 cm³/mol. The van der Waals surface area contributed by atoms with E-state index in [0.717, 1.165) is 0 Å². The molecule has 0 fully saturated rings. The van der Waals surface area contributed by atoms with Gasteiger partial charge in [-0.05, 0) is 110 Å². The molecule has 0 aliphatic carbocycles. The first-order chi connectivity index (χ1) is 23.3. The first kappa shape index (κ1) is 28.0. The Labute approximate surface area is 284 Å². The average molecular weight is 645 g/mol. The second kappa shape index (κ2) is 9.76. The molecule has 10 rings (SSSR count). The van der Waals surface area contributed by atoms with Gasteiger partial charge < -0.3 is 0 Å². The lowest BCUT2D eigenvalue weighted by atomic mass is 9.90. The maximum absolute atomic E-state index is 2.63. The number of hydrogen-bond acceptors (Lipinski definition) is 0. The molecule has 0 aromatic heterocycles. The highest BCUT2D eigenvalue weighted by atomic mass is 28.3. The molecular weight excluding hydrogens is 609 g/mol. The van der Waals surface area contributed by atoms with Crippen LogP contribution in [-0.4, -0.2) is 16.1 Å². The quantitative estimate of drug-likeness (QED) is 0.164. The lowest BCUT2D eigenvalue weighted by Gasteiger charge is -2.35. The maximum Gasteiger partial charge on any atom is 0.113 e. The van der Waals surface area contributed by atoms with Crippen molar-refractivity contribution >= 4 is 69.2 Å². The van der Waals surface area contributed by atoms with Crippen LogP contribution >= 0.6 is 0 Å². The third-order valence-corrected chi connectivity index (χ3v) is 18.6. The minimum absolute atomic E-state index is 1.29. The average Bonchev–Trinajstić information content (AvgIpc) is 3.35. The van der Waals surface area contributed by atoms with Crippen LogP contribution in [0.4, 0.5) is 0 Å². The van der Waals surface area contributed by atoms with E-state index >= 15 is 0 Å². The zero-order chi connectivity index (χ0) is 32.4. The van der Waals surface area contributed by atoms with Crippen LogP contribution in [0.5, 0.6) is 0 Å². The second-order valence-electron chi connectivity index (χ2n) is 15.0. The largest absolute Gasteiger partial charge is 0.113 e. The van der Waals surface area contributed by atoms with Crippen LogP contribution < -0.4 is 20.7 Å². The lowest BCUT2D eigenvalue weighted by Crippen LogP contribution is -2.56. The molecule has 0 radical (unpaired) electrons. The van der Waals surface area contributed by atoms with Crippen LogP contribution in [0.15, 0.2) is 146 Å². The van der Waals surface area contributed by atoms with E-state index in [-0.39, 0.29) is 0 Å². The fourth-order valence-electron chi connectivity index (χ4n) is 8.96. The van der Waals surface area contributed by atoms with Crippen molar-refractivity contribution in [2.24, 2.45) is 0 Å². The number of rotatable bonds is 2. The van der Waals surface area contributed by atoms with E-state index < -0.39 is 16.1 Å². The molecule has 48 heavy (non-hydrogen) atoms. The van der Waals surface area contributed by atoms with Gasteiger partial charge in [0, 0.05) is 0 Å². The van der Waals surface area contributed by atoms with Gasteiger partial charge in [0.2, 0.25) is 0 Å². The fraction of sp³-hybridized carbons (Fsp3) is 0.0870. The molecular formula is C46H36Si2. The minimum atomic E-state index is -2.00. The normalized spacial score (nSPS) is 15.0. The van der Waals surface area contributed by atoms with Gasteiger partial charge in [-0.3, -0.25) is 0 Å². The van der Waals surface area contributed by atoms with Gasteiger partial charge in [-0.15, -0.1) is 0 Å². The number of benzene rings is 8. The Morgan fingerprint density at radius 1 is 0.333 bits per heavy atom. The molecule has 2 heteroatoms. The molecule has 0 nitrogen and oxygen atoms in total.